The Hall–Kier alpha value is -4.64. The molecule has 0 aromatic heterocycles. The normalized spacial score (nSPS) is 15.0. The van der Waals surface area contributed by atoms with Gasteiger partial charge in [0.2, 0.25) is 0 Å². The standard InChI is InChI=1S/C9H11NO2.C6H6N2O2.C5H9NO2.2C3H7NO2/c10-8(9(11)12)6-7-4-2-1-3-5-7;7-5-1-3-6(4-2-5)8(9)10;7-5(8)4-2-1-3-6-4;2*1-2(4)3(5)6/h1-5,8H,6,10H2,(H,11,12);1-4H,7H2;4,6H,1-3H2,(H,7,8);2*2H,4H2,1H3,(H,5,6)/t8-;;4-;2*2-/m0.000/s1. The van der Waals surface area contributed by atoms with Crippen molar-refractivity contribution >= 4 is 35.3 Å². The van der Waals surface area contributed by atoms with Crippen LogP contribution in [0.15, 0.2) is 54.6 Å². The molecular formula is C26H40N6O10. The van der Waals surface area contributed by atoms with Gasteiger partial charge in [0.15, 0.2) is 0 Å². The summed E-state index contributed by atoms with van der Waals surface area (Å²) in [6.07, 6.45) is 2.17. The van der Waals surface area contributed by atoms with Crippen molar-refractivity contribution in [2.24, 2.45) is 17.2 Å². The van der Waals surface area contributed by atoms with Gasteiger partial charge in [0, 0.05) is 17.8 Å². The third kappa shape index (κ3) is 21.2. The number of nitrogen functional groups attached to an aromatic ring is 1. The molecule has 0 aliphatic carbocycles. The van der Waals surface area contributed by atoms with Crippen molar-refractivity contribution in [3.8, 4) is 0 Å². The number of carboxylic acids is 4. The lowest BCUT2D eigenvalue weighted by molar-refractivity contribution is -0.384. The zero-order valence-corrected chi connectivity index (χ0v) is 23.3. The molecule has 1 fully saturated rings. The van der Waals surface area contributed by atoms with Crippen molar-refractivity contribution in [3.05, 3.63) is 70.3 Å². The van der Waals surface area contributed by atoms with Crippen LogP contribution in [-0.2, 0) is 25.6 Å². The van der Waals surface area contributed by atoms with E-state index in [0.717, 1.165) is 24.9 Å². The SMILES string of the molecule is C[C@H](N)C(=O)O.C[C@H](N)C(=O)O.N[C@@H](Cc1ccccc1)C(=O)O.Nc1ccc([N+](=O)[O-])cc1.O=C(O)[C@@H]1CCCN1. The third-order valence-electron chi connectivity index (χ3n) is 4.86. The third-order valence-corrected chi connectivity index (χ3v) is 4.86. The molecule has 16 nitrogen and oxygen atoms in total. The Kier molecular flexibility index (Phi) is 20.8. The number of nitrogens with one attached hydrogen (secondary N) is 1. The second-order valence-electron chi connectivity index (χ2n) is 8.72. The fraction of sp³-hybridized carbons (Fsp3) is 0.385. The van der Waals surface area contributed by atoms with Crippen molar-refractivity contribution < 1.29 is 44.5 Å². The topological polar surface area (TPSA) is 308 Å². The largest absolute Gasteiger partial charge is 0.480 e. The van der Waals surface area contributed by atoms with E-state index in [1.165, 1.54) is 38.1 Å². The fourth-order valence-corrected chi connectivity index (χ4v) is 2.45. The van der Waals surface area contributed by atoms with Crippen LogP contribution in [0.3, 0.4) is 0 Å². The summed E-state index contributed by atoms with van der Waals surface area (Å²) in [5, 5.41) is 45.5. The first-order chi connectivity index (χ1) is 19.5. The summed E-state index contributed by atoms with van der Waals surface area (Å²) in [5.41, 5.74) is 21.9. The van der Waals surface area contributed by atoms with Crippen LogP contribution in [0.1, 0.15) is 32.3 Å². The van der Waals surface area contributed by atoms with E-state index >= 15 is 0 Å². The first-order valence-corrected chi connectivity index (χ1v) is 12.4. The van der Waals surface area contributed by atoms with Crippen LogP contribution in [0.4, 0.5) is 11.4 Å². The van der Waals surface area contributed by atoms with Gasteiger partial charge < -0.3 is 48.7 Å². The van der Waals surface area contributed by atoms with E-state index in [4.69, 9.17) is 43.4 Å². The van der Waals surface area contributed by atoms with E-state index < -0.39 is 46.9 Å². The van der Waals surface area contributed by atoms with Crippen LogP contribution >= 0.6 is 0 Å². The molecule has 1 heterocycles. The van der Waals surface area contributed by atoms with Gasteiger partial charge >= 0.3 is 23.9 Å². The molecule has 1 aliphatic heterocycles. The Morgan fingerprint density at radius 1 is 0.881 bits per heavy atom. The number of rotatable bonds is 7. The summed E-state index contributed by atoms with van der Waals surface area (Å²) in [6.45, 7) is 3.70. The average Bonchev–Trinajstić information content (AvgIpc) is 3.47. The maximum atomic E-state index is 10.4. The second kappa shape index (κ2) is 22.1. The highest BCUT2D eigenvalue weighted by molar-refractivity contribution is 5.74. The predicted octanol–water partition coefficient (Wildman–Crippen LogP) is 0.477. The van der Waals surface area contributed by atoms with Gasteiger partial charge in [-0.15, -0.1) is 0 Å². The molecule has 0 unspecified atom stereocenters. The molecule has 1 aliphatic rings. The van der Waals surface area contributed by atoms with Crippen molar-refractivity contribution in [2.45, 2.75) is 57.3 Å². The molecule has 0 spiro atoms. The van der Waals surface area contributed by atoms with Gasteiger partial charge in [0.05, 0.1) is 4.92 Å². The van der Waals surface area contributed by atoms with E-state index in [0.29, 0.717) is 12.1 Å². The van der Waals surface area contributed by atoms with Crippen LogP contribution in [0.25, 0.3) is 0 Å². The summed E-state index contributed by atoms with van der Waals surface area (Å²) in [5.74, 6) is -3.61. The first-order valence-electron chi connectivity index (χ1n) is 12.4. The lowest BCUT2D eigenvalue weighted by Crippen LogP contribution is -2.32. The van der Waals surface area contributed by atoms with Crippen LogP contribution in [0.2, 0.25) is 0 Å². The molecule has 0 radical (unpaired) electrons. The number of benzene rings is 2. The van der Waals surface area contributed by atoms with E-state index in [1.54, 1.807) is 0 Å². The molecule has 1 saturated heterocycles. The minimum Gasteiger partial charge on any atom is -0.480 e. The summed E-state index contributed by atoms with van der Waals surface area (Å²) >= 11 is 0. The maximum absolute atomic E-state index is 10.4. The van der Waals surface area contributed by atoms with Crippen molar-refractivity contribution in [2.75, 3.05) is 12.3 Å². The van der Waals surface area contributed by atoms with E-state index in [2.05, 4.69) is 5.32 Å². The number of hydrogen-bond acceptors (Lipinski definition) is 11. The summed E-state index contributed by atoms with van der Waals surface area (Å²) < 4.78 is 0. The van der Waals surface area contributed by atoms with Gasteiger partial charge in [-0.25, -0.2) is 0 Å². The maximum Gasteiger partial charge on any atom is 0.320 e. The highest BCUT2D eigenvalue weighted by Crippen LogP contribution is 2.12. The number of anilines is 1. The number of non-ortho nitro benzene ring substituents is 1. The van der Waals surface area contributed by atoms with Gasteiger partial charge in [-0.05, 0) is 57.4 Å². The van der Waals surface area contributed by atoms with Crippen molar-refractivity contribution in [1.29, 1.82) is 0 Å². The molecule has 234 valence electrons. The van der Waals surface area contributed by atoms with Crippen LogP contribution < -0.4 is 28.3 Å². The quantitative estimate of drug-likeness (QED) is 0.119. The zero-order chi connectivity index (χ0) is 32.8. The molecule has 16 heteroatoms. The van der Waals surface area contributed by atoms with Gasteiger partial charge in [-0.1, -0.05) is 30.3 Å². The van der Waals surface area contributed by atoms with Gasteiger partial charge in [-0.3, -0.25) is 29.3 Å². The number of carbonyl (C=O) groups is 4. The number of nitro groups is 1. The molecule has 2 aromatic rings. The Morgan fingerprint density at radius 3 is 1.62 bits per heavy atom. The second-order valence-corrected chi connectivity index (χ2v) is 8.72. The lowest BCUT2D eigenvalue weighted by Gasteiger charge is -2.04. The van der Waals surface area contributed by atoms with Crippen LogP contribution in [-0.4, -0.2) is 79.9 Å². The molecule has 4 atom stereocenters. The van der Waals surface area contributed by atoms with Crippen LogP contribution in [0.5, 0.6) is 0 Å². The highest BCUT2D eigenvalue weighted by Gasteiger charge is 2.20. The summed E-state index contributed by atoms with van der Waals surface area (Å²) in [6, 6.07) is 12.5. The predicted molar refractivity (Wildman–Crippen MR) is 154 cm³/mol. The number of nitrogens with two attached hydrogens (primary N) is 4. The van der Waals surface area contributed by atoms with Crippen molar-refractivity contribution in [1.82, 2.24) is 5.32 Å². The van der Waals surface area contributed by atoms with E-state index in [-0.39, 0.29) is 11.7 Å². The number of nitrogens with zero attached hydrogens (tertiary/aromatic N) is 1. The van der Waals surface area contributed by atoms with Crippen LogP contribution in [0, 0.1) is 10.1 Å². The number of aliphatic carboxylic acids is 4. The zero-order valence-electron chi connectivity index (χ0n) is 23.3. The Morgan fingerprint density at radius 2 is 1.33 bits per heavy atom. The molecule has 3 rings (SSSR count). The number of hydrogen-bond donors (Lipinski definition) is 9. The molecule has 2 aromatic carbocycles. The Bertz CT molecular complexity index is 1070. The lowest BCUT2D eigenvalue weighted by atomic mass is 10.1. The number of carboxylic acid groups (broad SMARTS) is 4. The van der Waals surface area contributed by atoms with E-state index in [1.807, 2.05) is 30.3 Å². The fourth-order valence-electron chi connectivity index (χ4n) is 2.45. The molecular weight excluding hydrogens is 556 g/mol. The summed E-state index contributed by atoms with van der Waals surface area (Å²) in [4.78, 5) is 49.3. The molecule has 13 N–H and O–H groups in total. The minimum atomic E-state index is -0.963. The molecule has 0 saturated carbocycles. The molecule has 42 heavy (non-hydrogen) atoms. The minimum absolute atomic E-state index is 0.0641. The molecule has 0 bridgehead atoms. The Labute approximate surface area is 242 Å². The number of nitro benzene ring substituents is 1. The van der Waals surface area contributed by atoms with Gasteiger partial charge in [0.1, 0.15) is 24.2 Å². The van der Waals surface area contributed by atoms with E-state index in [9.17, 15) is 29.3 Å². The summed E-state index contributed by atoms with van der Waals surface area (Å²) in [7, 11) is 0. The molecule has 0 amide bonds. The van der Waals surface area contributed by atoms with Crippen molar-refractivity contribution in [3.63, 3.8) is 0 Å². The first kappa shape index (κ1) is 39.5. The van der Waals surface area contributed by atoms with Gasteiger partial charge in [0.25, 0.3) is 5.69 Å². The monoisotopic (exact) mass is 596 g/mol. The highest BCUT2D eigenvalue weighted by atomic mass is 16.6. The Balaban J connectivity index is 0. The van der Waals surface area contributed by atoms with Gasteiger partial charge in [-0.2, -0.15) is 0 Å². The average molecular weight is 597 g/mol. The smallest absolute Gasteiger partial charge is 0.320 e.